The predicted octanol–water partition coefficient (Wildman–Crippen LogP) is 3.05. The molecule has 98 valence electrons. The van der Waals surface area contributed by atoms with Crippen molar-refractivity contribution < 1.29 is 9.63 Å². The number of carbonyl (C=O) groups excluding carboxylic acids is 1. The number of nitrogens with zero attached hydrogens (tertiary/aromatic N) is 1. The predicted molar refractivity (Wildman–Crippen MR) is 79.3 cm³/mol. The van der Waals surface area contributed by atoms with Crippen LogP contribution in [0.5, 0.6) is 0 Å². The fourth-order valence-corrected chi connectivity index (χ4v) is 1.78. The van der Waals surface area contributed by atoms with Crippen molar-refractivity contribution in [1.29, 1.82) is 0 Å². The largest absolute Gasteiger partial charge is 0.340 e. The molecule has 1 aromatic rings. The molecule has 1 rings (SSSR count). The summed E-state index contributed by atoms with van der Waals surface area (Å²) in [5.74, 6) is -0.246. The Balaban J connectivity index is 2.23. The van der Waals surface area contributed by atoms with Gasteiger partial charge in [0.2, 0.25) is 0 Å². The van der Waals surface area contributed by atoms with Crippen LogP contribution in [0.2, 0.25) is 0 Å². The lowest BCUT2D eigenvalue weighted by Crippen LogP contribution is -2.26. The van der Waals surface area contributed by atoms with E-state index in [1.54, 1.807) is 7.05 Å². The second kappa shape index (κ2) is 8.11. The number of aryl methyl sites for hydroxylation is 1. The molecule has 0 spiro atoms. The Kier molecular flexibility index (Phi) is 6.75. The summed E-state index contributed by atoms with van der Waals surface area (Å²) in [6.07, 6.45) is 3.91. The Morgan fingerprint density at radius 1 is 1.39 bits per heavy atom. The minimum Gasteiger partial charge on any atom is -0.340 e. The molecular formula is C13H17NO2S2. The molecule has 0 bridgehead atoms. The van der Waals surface area contributed by atoms with Gasteiger partial charge in [0, 0.05) is 13.5 Å². The molecule has 0 aliphatic carbocycles. The first-order valence-corrected chi connectivity index (χ1v) is 7.33. The molecule has 18 heavy (non-hydrogen) atoms. The first-order chi connectivity index (χ1) is 8.63. The van der Waals surface area contributed by atoms with E-state index in [0.717, 1.165) is 12.8 Å². The van der Waals surface area contributed by atoms with E-state index in [1.807, 2.05) is 24.5 Å². The summed E-state index contributed by atoms with van der Waals surface area (Å²) >= 11 is 6.37. The molecule has 0 fully saturated rings. The third kappa shape index (κ3) is 5.51. The van der Waals surface area contributed by atoms with E-state index in [1.165, 1.54) is 22.4 Å². The zero-order valence-electron chi connectivity index (χ0n) is 10.6. The van der Waals surface area contributed by atoms with Crippen LogP contribution < -0.4 is 0 Å². The van der Waals surface area contributed by atoms with Crippen molar-refractivity contribution >= 4 is 34.3 Å². The maximum Gasteiger partial charge on any atom is 0.332 e. The summed E-state index contributed by atoms with van der Waals surface area (Å²) in [5.41, 5.74) is 1.23. The fourth-order valence-electron chi connectivity index (χ4n) is 1.45. The van der Waals surface area contributed by atoms with Gasteiger partial charge in [0.05, 0.1) is 0 Å². The molecule has 0 heterocycles. The van der Waals surface area contributed by atoms with Crippen molar-refractivity contribution in [2.45, 2.75) is 19.3 Å². The third-order valence-corrected chi connectivity index (χ3v) is 3.72. The second-order valence-electron chi connectivity index (χ2n) is 3.77. The van der Waals surface area contributed by atoms with E-state index >= 15 is 0 Å². The van der Waals surface area contributed by atoms with Gasteiger partial charge in [-0.3, -0.25) is 0 Å². The summed E-state index contributed by atoms with van der Waals surface area (Å²) in [7, 11) is 1.65. The molecule has 0 saturated carbocycles. The van der Waals surface area contributed by atoms with Crippen molar-refractivity contribution in [3.63, 3.8) is 0 Å². The summed E-state index contributed by atoms with van der Waals surface area (Å²) in [4.78, 5) is 16.6. The van der Waals surface area contributed by atoms with E-state index in [4.69, 9.17) is 17.1 Å². The number of thiocarbonyl (C=S) groups is 1. The Morgan fingerprint density at radius 3 is 2.67 bits per heavy atom. The molecule has 0 unspecified atom stereocenters. The number of benzene rings is 1. The van der Waals surface area contributed by atoms with Gasteiger partial charge < -0.3 is 4.84 Å². The van der Waals surface area contributed by atoms with Crippen LogP contribution in [0, 0.1) is 0 Å². The Morgan fingerprint density at radius 2 is 2.06 bits per heavy atom. The number of hydrogen-bond acceptors (Lipinski definition) is 4. The normalized spacial score (nSPS) is 9.89. The number of rotatable bonds is 4. The highest BCUT2D eigenvalue weighted by Crippen LogP contribution is 2.08. The average Bonchev–Trinajstić information content (AvgIpc) is 2.38. The van der Waals surface area contributed by atoms with E-state index in [0.29, 0.717) is 10.7 Å². The van der Waals surface area contributed by atoms with E-state index in [2.05, 4.69) is 12.1 Å². The van der Waals surface area contributed by atoms with Gasteiger partial charge in [-0.05, 0) is 36.9 Å². The van der Waals surface area contributed by atoms with Gasteiger partial charge in [-0.1, -0.05) is 42.1 Å². The molecule has 3 nitrogen and oxygen atoms in total. The first kappa shape index (κ1) is 15.0. The van der Waals surface area contributed by atoms with Crippen LogP contribution in [0.4, 0.5) is 0 Å². The quantitative estimate of drug-likeness (QED) is 0.626. The van der Waals surface area contributed by atoms with Crippen LogP contribution in [-0.2, 0) is 16.1 Å². The lowest BCUT2D eigenvalue weighted by molar-refractivity contribution is -0.168. The van der Waals surface area contributed by atoms with Crippen molar-refractivity contribution in [2.24, 2.45) is 0 Å². The number of carbonyl (C=O) groups is 1. The lowest BCUT2D eigenvalue weighted by atomic mass is 10.1. The van der Waals surface area contributed by atoms with Crippen LogP contribution in [-0.4, -0.2) is 28.7 Å². The minimum absolute atomic E-state index is 0.246. The van der Waals surface area contributed by atoms with Crippen LogP contribution in [0.15, 0.2) is 30.3 Å². The zero-order chi connectivity index (χ0) is 13.4. The summed E-state index contributed by atoms with van der Waals surface area (Å²) in [6.45, 7) is 0. The van der Waals surface area contributed by atoms with Gasteiger partial charge >= 0.3 is 5.97 Å². The van der Waals surface area contributed by atoms with E-state index in [9.17, 15) is 4.79 Å². The molecule has 1 aromatic carbocycles. The maximum absolute atomic E-state index is 11.5. The maximum atomic E-state index is 11.5. The molecule has 0 N–H and O–H groups in total. The molecule has 0 atom stereocenters. The van der Waals surface area contributed by atoms with Gasteiger partial charge in [-0.25, -0.2) is 4.79 Å². The van der Waals surface area contributed by atoms with Crippen molar-refractivity contribution in [1.82, 2.24) is 5.06 Å². The summed E-state index contributed by atoms with van der Waals surface area (Å²) in [5, 5.41) is 1.34. The molecule has 5 heteroatoms. The minimum atomic E-state index is -0.246. The zero-order valence-corrected chi connectivity index (χ0v) is 12.2. The standard InChI is InChI=1S/C13H17NO2S2/c1-14(13(17)18-2)16-12(15)10-6-9-11-7-4-3-5-8-11/h3-5,7-8H,6,9-10H2,1-2H3. The summed E-state index contributed by atoms with van der Waals surface area (Å²) < 4.78 is 0.548. The van der Waals surface area contributed by atoms with Crippen LogP contribution in [0.25, 0.3) is 0 Å². The SMILES string of the molecule is CSC(=S)N(C)OC(=O)CCCc1ccccc1. The van der Waals surface area contributed by atoms with E-state index in [-0.39, 0.29) is 5.97 Å². The lowest BCUT2D eigenvalue weighted by Gasteiger charge is -2.16. The summed E-state index contributed by atoms with van der Waals surface area (Å²) in [6, 6.07) is 10.1. The van der Waals surface area contributed by atoms with Gasteiger partial charge in [-0.2, -0.15) is 5.06 Å². The molecule has 0 aromatic heterocycles. The van der Waals surface area contributed by atoms with Crippen molar-refractivity contribution in [2.75, 3.05) is 13.3 Å². The van der Waals surface area contributed by atoms with Gasteiger partial charge in [0.15, 0.2) is 4.32 Å². The highest BCUT2D eigenvalue weighted by molar-refractivity contribution is 8.22. The van der Waals surface area contributed by atoms with Crippen molar-refractivity contribution in [3.8, 4) is 0 Å². The highest BCUT2D eigenvalue weighted by atomic mass is 32.2. The number of hydroxylamine groups is 2. The van der Waals surface area contributed by atoms with Crippen LogP contribution in [0.1, 0.15) is 18.4 Å². The molecule has 0 aliphatic rings. The Labute approximate surface area is 117 Å². The Hall–Kier alpha value is -1.07. The third-order valence-electron chi connectivity index (χ3n) is 2.36. The van der Waals surface area contributed by atoms with Gasteiger partial charge in [0.1, 0.15) is 0 Å². The van der Waals surface area contributed by atoms with Crippen LogP contribution >= 0.6 is 24.0 Å². The Bertz CT molecular complexity index is 395. The fraction of sp³-hybridized carbons (Fsp3) is 0.385. The second-order valence-corrected chi connectivity index (χ2v) is 5.21. The van der Waals surface area contributed by atoms with E-state index < -0.39 is 0 Å². The average molecular weight is 283 g/mol. The topological polar surface area (TPSA) is 29.5 Å². The van der Waals surface area contributed by atoms with Crippen molar-refractivity contribution in [3.05, 3.63) is 35.9 Å². The van der Waals surface area contributed by atoms with Gasteiger partial charge in [-0.15, -0.1) is 0 Å². The molecule has 0 amide bonds. The smallest absolute Gasteiger partial charge is 0.332 e. The molecular weight excluding hydrogens is 266 g/mol. The number of thioether (sulfide) groups is 1. The molecule has 0 saturated heterocycles. The molecule has 0 aliphatic heterocycles. The van der Waals surface area contributed by atoms with Gasteiger partial charge in [0.25, 0.3) is 0 Å². The van der Waals surface area contributed by atoms with Crippen LogP contribution in [0.3, 0.4) is 0 Å². The monoisotopic (exact) mass is 283 g/mol. The molecule has 0 radical (unpaired) electrons. The highest BCUT2D eigenvalue weighted by Gasteiger charge is 2.09. The first-order valence-electron chi connectivity index (χ1n) is 5.70. The number of hydrogen-bond donors (Lipinski definition) is 0.